The van der Waals surface area contributed by atoms with Crippen LogP contribution in [0, 0.1) is 6.92 Å². The Kier molecular flexibility index (Phi) is 3.17. The third-order valence-electron chi connectivity index (χ3n) is 1.35. The Balaban J connectivity index is 2.57. The van der Waals surface area contributed by atoms with Crippen molar-refractivity contribution in [2.75, 3.05) is 6.61 Å². The van der Waals surface area contributed by atoms with Crippen molar-refractivity contribution in [2.45, 2.75) is 6.92 Å². The normalized spacial score (nSPS) is 9.50. The summed E-state index contributed by atoms with van der Waals surface area (Å²) in [7, 11) is 0. The third kappa shape index (κ3) is 2.96. The summed E-state index contributed by atoms with van der Waals surface area (Å²) in [5.74, 6) is 0.706. The van der Waals surface area contributed by atoms with Gasteiger partial charge in [0, 0.05) is 0 Å². The van der Waals surface area contributed by atoms with E-state index in [1.807, 2.05) is 31.2 Å². The predicted molar refractivity (Wildman–Crippen MR) is 50.7 cm³/mol. The summed E-state index contributed by atoms with van der Waals surface area (Å²) in [6.45, 7) is 1.99. The van der Waals surface area contributed by atoms with E-state index in [2.05, 4.69) is 12.6 Å². The van der Waals surface area contributed by atoms with Gasteiger partial charge in [0.05, 0.1) is 0 Å². The Morgan fingerprint density at radius 2 is 2.33 bits per heavy atom. The summed E-state index contributed by atoms with van der Waals surface area (Å²) >= 11 is 3.59. The second kappa shape index (κ2) is 4.16. The summed E-state index contributed by atoms with van der Waals surface area (Å²) in [4.78, 5) is 10.4. The van der Waals surface area contributed by atoms with Crippen molar-refractivity contribution in [1.82, 2.24) is 0 Å². The molecule has 0 heterocycles. The van der Waals surface area contributed by atoms with Crippen LogP contribution in [0.1, 0.15) is 5.56 Å². The average Bonchev–Trinajstić information content (AvgIpc) is 2.01. The Labute approximate surface area is 77.0 Å². The maximum Gasteiger partial charge on any atom is 0.223 e. The lowest BCUT2D eigenvalue weighted by atomic mass is 10.2. The Bertz CT molecular complexity index is 284. The number of thiol groups is 1. The molecule has 0 unspecified atom stereocenters. The van der Waals surface area contributed by atoms with E-state index in [0.717, 1.165) is 5.56 Å². The molecule has 1 aromatic carbocycles. The molecule has 2 nitrogen and oxygen atoms in total. The van der Waals surface area contributed by atoms with Crippen LogP contribution in [0.4, 0.5) is 0 Å². The number of ether oxygens (including phenoxy) is 1. The van der Waals surface area contributed by atoms with E-state index in [-0.39, 0.29) is 11.7 Å². The number of carbonyl (C=O) groups is 1. The summed E-state index contributed by atoms with van der Waals surface area (Å²) < 4.78 is 5.12. The zero-order valence-electron chi connectivity index (χ0n) is 6.78. The number of rotatable bonds is 3. The van der Waals surface area contributed by atoms with Crippen LogP contribution in [0.2, 0.25) is 0 Å². The fraction of sp³-hybridized carbons (Fsp3) is 0.222. The maximum atomic E-state index is 10.4. The van der Waals surface area contributed by atoms with Gasteiger partial charge in [0.1, 0.15) is 5.75 Å². The quantitative estimate of drug-likeness (QED) is 0.722. The highest BCUT2D eigenvalue weighted by atomic mass is 32.1. The zero-order chi connectivity index (χ0) is 8.97. The fourth-order valence-electron chi connectivity index (χ4n) is 0.850. The molecule has 64 valence electrons. The summed E-state index contributed by atoms with van der Waals surface area (Å²) in [6.07, 6.45) is 0. The summed E-state index contributed by atoms with van der Waals surface area (Å²) in [5, 5.41) is -0.267. The molecular weight excluding hydrogens is 172 g/mol. The van der Waals surface area contributed by atoms with Gasteiger partial charge in [-0.15, -0.1) is 12.6 Å². The molecular formula is C9H10O2S. The molecule has 0 saturated heterocycles. The van der Waals surface area contributed by atoms with Gasteiger partial charge in [-0.1, -0.05) is 12.1 Å². The van der Waals surface area contributed by atoms with Gasteiger partial charge < -0.3 is 4.74 Å². The number of hydrogen-bond acceptors (Lipinski definition) is 2. The van der Waals surface area contributed by atoms with Crippen LogP contribution in [0.15, 0.2) is 24.3 Å². The van der Waals surface area contributed by atoms with Gasteiger partial charge in [-0.2, -0.15) is 0 Å². The molecule has 1 aromatic rings. The second-order valence-electron chi connectivity index (χ2n) is 2.50. The Morgan fingerprint density at radius 1 is 1.58 bits per heavy atom. The largest absolute Gasteiger partial charge is 0.485 e. The van der Waals surface area contributed by atoms with E-state index >= 15 is 0 Å². The van der Waals surface area contributed by atoms with Crippen molar-refractivity contribution >= 4 is 17.7 Å². The van der Waals surface area contributed by atoms with E-state index in [1.165, 1.54) is 0 Å². The van der Waals surface area contributed by atoms with Crippen LogP contribution >= 0.6 is 12.6 Å². The monoisotopic (exact) mass is 182 g/mol. The fourth-order valence-corrected chi connectivity index (χ4v) is 0.915. The van der Waals surface area contributed by atoms with Gasteiger partial charge in [0.15, 0.2) is 6.61 Å². The molecule has 3 heteroatoms. The molecule has 0 saturated carbocycles. The van der Waals surface area contributed by atoms with Crippen molar-refractivity contribution in [3.05, 3.63) is 29.8 Å². The van der Waals surface area contributed by atoms with Crippen molar-refractivity contribution in [3.63, 3.8) is 0 Å². The van der Waals surface area contributed by atoms with Crippen LogP contribution in [0.25, 0.3) is 0 Å². The third-order valence-corrected chi connectivity index (χ3v) is 1.48. The van der Waals surface area contributed by atoms with Crippen molar-refractivity contribution in [1.29, 1.82) is 0 Å². The maximum absolute atomic E-state index is 10.4. The predicted octanol–water partition coefficient (Wildman–Crippen LogP) is 1.83. The van der Waals surface area contributed by atoms with E-state index in [9.17, 15) is 4.79 Å². The Morgan fingerprint density at radius 3 is 2.92 bits per heavy atom. The minimum atomic E-state index is -0.267. The number of carbonyl (C=O) groups excluding carboxylic acids is 1. The van der Waals surface area contributed by atoms with Crippen molar-refractivity contribution in [3.8, 4) is 5.75 Å². The van der Waals surface area contributed by atoms with Gasteiger partial charge in [0.2, 0.25) is 5.12 Å². The highest BCUT2D eigenvalue weighted by Gasteiger charge is 1.96. The van der Waals surface area contributed by atoms with Gasteiger partial charge in [-0.05, 0) is 24.6 Å². The highest BCUT2D eigenvalue weighted by Crippen LogP contribution is 2.11. The number of hydrogen-bond donors (Lipinski definition) is 1. The molecule has 0 aliphatic heterocycles. The second-order valence-corrected chi connectivity index (χ2v) is 3.00. The first-order chi connectivity index (χ1) is 5.68. The van der Waals surface area contributed by atoms with Gasteiger partial charge in [-0.3, -0.25) is 4.79 Å². The molecule has 0 N–H and O–H groups in total. The highest BCUT2D eigenvalue weighted by molar-refractivity contribution is 7.96. The first-order valence-corrected chi connectivity index (χ1v) is 4.04. The van der Waals surface area contributed by atoms with Crippen LogP contribution in [-0.2, 0) is 4.79 Å². The minimum absolute atomic E-state index is 0.0204. The summed E-state index contributed by atoms with van der Waals surface area (Å²) in [6, 6.07) is 7.53. The van der Waals surface area contributed by atoms with E-state index in [1.54, 1.807) is 0 Å². The standard InChI is InChI=1S/C9H10O2S/c1-7-3-2-4-8(5-7)11-6-9(10)12/h2-5H,6H2,1H3,(H,10,12). The molecule has 0 spiro atoms. The lowest BCUT2D eigenvalue weighted by Gasteiger charge is -2.02. The van der Waals surface area contributed by atoms with Gasteiger partial charge in [-0.25, -0.2) is 0 Å². The molecule has 0 aliphatic rings. The van der Waals surface area contributed by atoms with Gasteiger partial charge in [0.25, 0.3) is 0 Å². The molecule has 0 radical (unpaired) electrons. The smallest absolute Gasteiger partial charge is 0.223 e. The van der Waals surface area contributed by atoms with Crippen LogP contribution in [0.3, 0.4) is 0 Å². The Hall–Kier alpha value is -0.960. The first-order valence-electron chi connectivity index (χ1n) is 3.60. The number of aryl methyl sites for hydroxylation is 1. The van der Waals surface area contributed by atoms with E-state index in [0.29, 0.717) is 5.75 Å². The van der Waals surface area contributed by atoms with E-state index < -0.39 is 0 Å². The van der Waals surface area contributed by atoms with Crippen molar-refractivity contribution < 1.29 is 9.53 Å². The minimum Gasteiger partial charge on any atom is -0.485 e. The lowest BCUT2D eigenvalue weighted by molar-refractivity contribution is -0.112. The van der Waals surface area contributed by atoms with Gasteiger partial charge >= 0.3 is 0 Å². The molecule has 0 bridgehead atoms. The average molecular weight is 182 g/mol. The molecule has 0 amide bonds. The zero-order valence-corrected chi connectivity index (χ0v) is 7.67. The molecule has 1 rings (SSSR count). The lowest BCUT2D eigenvalue weighted by Crippen LogP contribution is -2.04. The summed E-state index contributed by atoms with van der Waals surface area (Å²) in [5.41, 5.74) is 1.11. The van der Waals surface area contributed by atoms with Crippen LogP contribution in [0.5, 0.6) is 5.75 Å². The van der Waals surface area contributed by atoms with Crippen LogP contribution < -0.4 is 4.74 Å². The molecule has 0 aliphatic carbocycles. The first kappa shape index (κ1) is 9.13. The van der Waals surface area contributed by atoms with Crippen molar-refractivity contribution in [2.24, 2.45) is 0 Å². The molecule has 0 atom stereocenters. The van der Waals surface area contributed by atoms with Crippen LogP contribution in [-0.4, -0.2) is 11.7 Å². The molecule has 0 fully saturated rings. The topological polar surface area (TPSA) is 26.3 Å². The SMILES string of the molecule is Cc1cccc(OCC(=O)S)c1. The van der Waals surface area contributed by atoms with E-state index in [4.69, 9.17) is 4.74 Å². The molecule has 0 aromatic heterocycles. The number of benzene rings is 1. The molecule has 12 heavy (non-hydrogen) atoms.